The first-order valence-electron chi connectivity index (χ1n) is 6.56. The van der Waals surface area contributed by atoms with E-state index < -0.39 is 0 Å². The maximum Gasteiger partial charge on any atom is 0.219 e. The number of aromatic nitrogens is 1. The lowest BCUT2D eigenvalue weighted by molar-refractivity contribution is 0.422. The Balaban J connectivity index is 2.12. The molecule has 0 aliphatic heterocycles. The molecular weight excluding hydrogens is 272 g/mol. The second-order valence-electron chi connectivity index (χ2n) is 5.63. The Morgan fingerprint density at radius 1 is 1.20 bits per heavy atom. The van der Waals surface area contributed by atoms with Crippen LogP contribution in [0.5, 0.6) is 11.6 Å². The van der Waals surface area contributed by atoms with Crippen LogP contribution in [0.2, 0.25) is 5.02 Å². The average molecular weight is 291 g/mol. The van der Waals surface area contributed by atoms with Crippen molar-refractivity contribution >= 4 is 11.6 Å². The highest BCUT2D eigenvalue weighted by molar-refractivity contribution is 6.31. The van der Waals surface area contributed by atoms with Gasteiger partial charge in [-0.05, 0) is 38.5 Å². The molecule has 0 fully saturated rings. The van der Waals surface area contributed by atoms with Gasteiger partial charge in [-0.2, -0.15) is 0 Å². The van der Waals surface area contributed by atoms with E-state index in [9.17, 15) is 0 Å². The van der Waals surface area contributed by atoms with E-state index in [2.05, 4.69) is 31.1 Å². The fraction of sp³-hybridized carbons (Fsp3) is 0.312. The van der Waals surface area contributed by atoms with Gasteiger partial charge in [0.2, 0.25) is 5.88 Å². The Labute approximate surface area is 124 Å². The maximum atomic E-state index is 6.17. The van der Waals surface area contributed by atoms with E-state index in [4.69, 9.17) is 16.3 Å². The average Bonchev–Trinajstić information content (AvgIpc) is 2.40. The molecule has 0 saturated heterocycles. The Hall–Kier alpha value is -1.58. The van der Waals surface area contributed by atoms with Gasteiger partial charge in [-0.25, -0.2) is 4.98 Å². The summed E-state index contributed by atoms with van der Waals surface area (Å²) in [7, 11) is 0. The summed E-state index contributed by atoms with van der Waals surface area (Å²) in [6.07, 6.45) is 1.62. The molecule has 0 unspecified atom stereocenters. The van der Waals surface area contributed by atoms with Crippen LogP contribution in [0, 0.1) is 0 Å². The van der Waals surface area contributed by atoms with Crippen molar-refractivity contribution in [2.75, 3.05) is 0 Å². The SMILES string of the molecule is CC(C)(C)NCc1cc(Oc2ccccc2)ncc1Cl. The Bertz CT molecular complexity index is 564. The van der Waals surface area contributed by atoms with E-state index in [0.29, 0.717) is 17.4 Å². The largest absolute Gasteiger partial charge is 0.439 e. The standard InChI is InChI=1S/C16H19ClN2O/c1-16(2,3)19-10-12-9-15(18-11-14(12)17)20-13-7-5-4-6-8-13/h4-9,11,19H,10H2,1-3H3. The van der Waals surface area contributed by atoms with Crippen molar-refractivity contribution in [1.82, 2.24) is 10.3 Å². The van der Waals surface area contributed by atoms with Crippen LogP contribution in [0.4, 0.5) is 0 Å². The predicted molar refractivity (Wildman–Crippen MR) is 82.4 cm³/mol. The second-order valence-corrected chi connectivity index (χ2v) is 6.04. The molecule has 1 N–H and O–H groups in total. The van der Waals surface area contributed by atoms with E-state index in [0.717, 1.165) is 11.3 Å². The molecule has 2 rings (SSSR count). The summed E-state index contributed by atoms with van der Waals surface area (Å²) in [6.45, 7) is 7.02. The molecule has 20 heavy (non-hydrogen) atoms. The number of benzene rings is 1. The number of nitrogens with zero attached hydrogens (tertiary/aromatic N) is 1. The van der Waals surface area contributed by atoms with Crippen molar-refractivity contribution in [1.29, 1.82) is 0 Å². The third-order valence-electron chi connectivity index (χ3n) is 2.68. The van der Waals surface area contributed by atoms with Gasteiger partial charge in [0.25, 0.3) is 0 Å². The van der Waals surface area contributed by atoms with E-state index in [1.54, 1.807) is 6.20 Å². The number of hydrogen-bond donors (Lipinski definition) is 1. The van der Waals surface area contributed by atoms with Gasteiger partial charge in [0.1, 0.15) is 5.75 Å². The number of para-hydroxylation sites is 1. The normalized spacial score (nSPS) is 11.4. The molecule has 0 saturated carbocycles. The summed E-state index contributed by atoms with van der Waals surface area (Å²) < 4.78 is 5.71. The zero-order chi connectivity index (χ0) is 14.6. The van der Waals surface area contributed by atoms with Gasteiger partial charge in [0.15, 0.2) is 0 Å². The predicted octanol–water partition coefficient (Wildman–Crippen LogP) is 4.42. The molecule has 0 aliphatic carbocycles. The summed E-state index contributed by atoms with van der Waals surface area (Å²) in [5, 5.41) is 4.04. The van der Waals surface area contributed by atoms with Crippen LogP contribution in [-0.4, -0.2) is 10.5 Å². The molecular formula is C16H19ClN2O. The van der Waals surface area contributed by atoms with E-state index in [1.165, 1.54) is 0 Å². The van der Waals surface area contributed by atoms with Gasteiger partial charge in [-0.15, -0.1) is 0 Å². The number of rotatable bonds is 4. The van der Waals surface area contributed by atoms with Crippen molar-refractivity contribution in [2.45, 2.75) is 32.9 Å². The minimum absolute atomic E-state index is 0.0348. The molecule has 1 aromatic heterocycles. The number of nitrogens with one attached hydrogen (secondary N) is 1. The molecule has 0 radical (unpaired) electrons. The van der Waals surface area contributed by atoms with Gasteiger partial charge in [0, 0.05) is 24.3 Å². The summed E-state index contributed by atoms with van der Waals surface area (Å²) in [6, 6.07) is 11.4. The summed E-state index contributed by atoms with van der Waals surface area (Å²) in [4.78, 5) is 4.20. The number of pyridine rings is 1. The highest BCUT2D eigenvalue weighted by Gasteiger charge is 2.11. The molecule has 0 bridgehead atoms. The lowest BCUT2D eigenvalue weighted by atomic mass is 10.1. The fourth-order valence-electron chi connectivity index (χ4n) is 1.62. The molecule has 4 heteroatoms. The van der Waals surface area contributed by atoms with E-state index in [-0.39, 0.29) is 5.54 Å². The third kappa shape index (κ3) is 4.51. The Morgan fingerprint density at radius 3 is 2.55 bits per heavy atom. The molecule has 1 aromatic carbocycles. The zero-order valence-corrected chi connectivity index (χ0v) is 12.7. The molecule has 0 spiro atoms. The molecule has 0 amide bonds. The first-order valence-corrected chi connectivity index (χ1v) is 6.94. The van der Waals surface area contributed by atoms with E-state index in [1.807, 2.05) is 36.4 Å². The summed E-state index contributed by atoms with van der Waals surface area (Å²) in [5.41, 5.74) is 1.01. The molecule has 0 atom stereocenters. The van der Waals surface area contributed by atoms with Crippen LogP contribution in [0.3, 0.4) is 0 Å². The Kier molecular flexibility index (Phi) is 4.63. The number of hydrogen-bond acceptors (Lipinski definition) is 3. The van der Waals surface area contributed by atoms with Gasteiger partial charge in [0.05, 0.1) is 5.02 Å². The lowest BCUT2D eigenvalue weighted by Crippen LogP contribution is -2.35. The molecule has 0 aliphatic rings. The minimum Gasteiger partial charge on any atom is -0.439 e. The van der Waals surface area contributed by atoms with Gasteiger partial charge >= 0.3 is 0 Å². The van der Waals surface area contributed by atoms with E-state index >= 15 is 0 Å². The fourth-order valence-corrected chi connectivity index (χ4v) is 1.79. The van der Waals surface area contributed by atoms with Crippen LogP contribution >= 0.6 is 11.6 Å². The van der Waals surface area contributed by atoms with Crippen LogP contribution in [0.15, 0.2) is 42.6 Å². The van der Waals surface area contributed by atoms with Gasteiger partial charge in [-0.1, -0.05) is 29.8 Å². The Morgan fingerprint density at radius 2 is 1.90 bits per heavy atom. The highest BCUT2D eigenvalue weighted by atomic mass is 35.5. The van der Waals surface area contributed by atoms with Crippen LogP contribution in [-0.2, 0) is 6.54 Å². The van der Waals surface area contributed by atoms with Gasteiger partial charge in [-0.3, -0.25) is 0 Å². The van der Waals surface area contributed by atoms with Crippen molar-refractivity contribution in [3.63, 3.8) is 0 Å². The summed E-state index contributed by atoms with van der Waals surface area (Å²) in [5.74, 6) is 1.31. The van der Waals surface area contributed by atoms with Crippen LogP contribution in [0.25, 0.3) is 0 Å². The number of halogens is 1. The van der Waals surface area contributed by atoms with Crippen molar-refractivity contribution in [2.24, 2.45) is 0 Å². The molecule has 3 nitrogen and oxygen atoms in total. The summed E-state index contributed by atoms with van der Waals surface area (Å²) >= 11 is 6.17. The van der Waals surface area contributed by atoms with Gasteiger partial charge < -0.3 is 10.1 Å². The second kappa shape index (κ2) is 6.25. The number of ether oxygens (including phenoxy) is 1. The molecule has 106 valence electrons. The quantitative estimate of drug-likeness (QED) is 0.905. The minimum atomic E-state index is 0.0348. The zero-order valence-electron chi connectivity index (χ0n) is 12.0. The monoisotopic (exact) mass is 290 g/mol. The maximum absolute atomic E-state index is 6.17. The van der Waals surface area contributed by atoms with Crippen molar-refractivity contribution in [3.05, 3.63) is 53.2 Å². The smallest absolute Gasteiger partial charge is 0.219 e. The molecule has 1 heterocycles. The molecule has 2 aromatic rings. The lowest BCUT2D eigenvalue weighted by Gasteiger charge is -2.21. The van der Waals surface area contributed by atoms with Crippen molar-refractivity contribution < 1.29 is 4.74 Å². The topological polar surface area (TPSA) is 34.1 Å². The van der Waals surface area contributed by atoms with Crippen LogP contribution in [0.1, 0.15) is 26.3 Å². The van der Waals surface area contributed by atoms with Crippen molar-refractivity contribution in [3.8, 4) is 11.6 Å². The third-order valence-corrected chi connectivity index (χ3v) is 3.02. The highest BCUT2D eigenvalue weighted by Crippen LogP contribution is 2.24. The van der Waals surface area contributed by atoms with Crippen LogP contribution < -0.4 is 10.1 Å². The first-order chi connectivity index (χ1) is 9.44. The first kappa shape index (κ1) is 14.8.